The second-order valence-corrected chi connectivity index (χ2v) is 7.02. The molecule has 1 heterocycles. The van der Waals surface area contributed by atoms with E-state index < -0.39 is 5.76 Å². The molecular weight excluding hydrogens is 358 g/mol. The van der Waals surface area contributed by atoms with Gasteiger partial charge < -0.3 is 15.4 Å². The summed E-state index contributed by atoms with van der Waals surface area (Å²) >= 11 is 0.504. The van der Waals surface area contributed by atoms with Crippen molar-refractivity contribution < 1.29 is 18.3 Å². The highest BCUT2D eigenvalue weighted by molar-refractivity contribution is 7.99. The molecule has 1 amide bonds. The number of amides is 1. The summed E-state index contributed by atoms with van der Waals surface area (Å²) in [5, 5.41) is 6.18. The van der Waals surface area contributed by atoms with Gasteiger partial charge in [-0.3, -0.25) is 4.79 Å². The van der Waals surface area contributed by atoms with Crippen molar-refractivity contribution in [3.8, 4) is 0 Å². The lowest BCUT2D eigenvalue weighted by Gasteiger charge is -2.23. The normalized spacial score (nSPS) is 17.1. The van der Waals surface area contributed by atoms with Gasteiger partial charge in [0.05, 0.1) is 23.9 Å². The van der Waals surface area contributed by atoms with E-state index in [4.69, 9.17) is 4.74 Å². The number of anilines is 2. The van der Waals surface area contributed by atoms with Crippen molar-refractivity contribution in [2.45, 2.75) is 29.5 Å². The van der Waals surface area contributed by atoms with Crippen LogP contribution in [0.5, 0.6) is 0 Å². The Morgan fingerprint density at radius 1 is 1.15 bits per heavy atom. The number of hydrogen-bond acceptors (Lipinski definition) is 4. The van der Waals surface area contributed by atoms with Gasteiger partial charge in [-0.05, 0) is 49.2 Å². The molecule has 1 fully saturated rings. The van der Waals surface area contributed by atoms with Gasteiger partial charge in [0.2, 0.25) is 0 Å². The van der Waals surface area contributed by atoms with Gasteiger partial charge in [0, 0.05) is 17.2 Å². The van der Waals surface area contributed by atoms with Crippen molar-refractivity contribution >= 4 is 29.0 Å². The Balaban J connectivity index is 1.69. The van der Waals surface area contributed by atoms with Crippen LogP contribution in [0, 0.1) is 0 Å². The van der Waals surface area contributed by atoms with E-state index >= 15 is 0 Å². The minimum Gasteiger partial charge on any atom is -0.379 e. The first-order valence-corrected chi connectivity index (χ1v) is 9.29. The number of carbonyl (C=O) groups excluding carboxylic acids is 1. The number of carbonyl (C=O) groups is 1. The molecule has 7 heteroatoms. The Morgan fingerprint density at radius 2 is 1.92 bits per heavy atom. The third-order valence-corrected chi connectivity index (χ3v) is 4.75. The highest BCUT2D eigenvalue weighted by atomic mass is 32.2. The Bertz CT molecular complexity index is 735. The minimum absolute atomic E-state index is 0.0231. The minimum atomic E-state index is -2.44. The van der Waals surface area contributed by atoms with Crippen LogP contribution in [0.25, 0.3) is 0 Å². The predicted octanol–water partition coefficient (Wildman–Crippen LogP) is 4.65. The second-order valence-electron chi connectivity index (χ2n) is 5.96. The maximum Gasteiger partial charge on any atom is 0.288 e. The first-order chi connectivity index (χ1) is 12.6. The fourth-order valence-corrected chi connectivity index (χ4v) is 3.28. The van der Waals surface area contributed by atoms with Crippen LogP contribution in [0.3, 0.4) is 0 Å². The standard InChI is InChI=1S/C19H20F2N2O2S/c20-19(21)26-15-9-7-13(8-10-15)22-17-6-2-1-5-16(17)18(24)23-14-4-3-11-25-12-14/h1-2,5-10,14,19,22H,3-4,11-12H2,(H,23,24). The number of alkyl halides is 2. The number of ether oxygens (including phenoxy) is 1. The van der Waals surface area contributed by atoms with Crippen molar-refractivity contribution in [2.75, 3.05) is 18.5 Å². The summed E-state index contributed by atoms with van der Waals surface area (Å²) in [5.74, 6) is -2.60. The first-order valence-electron chi connectivity index (χ1n) is 8.41. The number of hydrogen-bond donors (Lipinski definition) is 2. The van der Waals surface area contributed by atoms with Crippen LogP contribution in [0.4, 0.5) is 20.2 Å². The highest BCUT2D eigenvalue weighted by Crippen LogP contribution is 2.28. The summed E-state index contributed by atoms with van der Waals surface area (Å²) in [6.45, 7) is 1.27. The second kappa shape index (κ2) is 9.00. The fraction of sp³-hybridized carbons (Fsp3) is 0.316. The van der Waals surface area contributed by atoms with Crippen LogP contribution in [0.2, 0.25) is 0 Å². The lowest BCUT2D eigenvalue weighted by atomic mass is 10.1. The Kier molecular flexibility index (Phi) is 6.46. The van der Waals surface area contributed by atoms with Gasteiger partial charge in [0.1, 0.15) is 0 Å². The van der Waals surface area contributed by atoms with Gasteiger partial charge in [0.15, 0.2) is 0 Å². The van der Waals surface area contributed by atoms with Crippen LogP contribution in [-0.4, -0.2) is 30.9 Å². The predicted molar refractivity (Wildman–Crippen MR) is 99.3 cm³/mol. The summed E-state index contributed by atoms with van der Waals surface area (Å²) < 4.78 is 30.2. The monoisotopic (exact) mass is 378 g/mol. The molecule has 1 aliphatic heterocycles. The van der Waals surface area contributed by atoms with Crippen LogP contribution >= 0.6 is 11.8 Å². The molecule has 1 atom stereocenters. The van der Waals surface area contributed by atoms with Gasteiger partial charge in [0.25, 0.3) is 11.7 Å². The maximum absolute atomic E-state index is 12.6. The lowest BCUT2D eigenvalue weighted by Crippen LogP contribution is -2.40. The number of thioether (sulfide) groups is 1. The molecule has 0 aliphatic carbocycles. The molecule has 2 N–H and O–H groups in total. The van der Waals surface area contributed by atoms with Crippen molar-refractivity contribution in [3.05, 3.63) is 54.1 Å². The van der Waals surface area contributed by atoms with E-state index in [0.717, 1.165) is 25.1 Å². The Morgan fingerprint density at radius 3 is 2.62 bits per heavy atom. The quantitative estimate of drug-likeness (QED) is 0.718. The van der Waals surface area contributed by atoms with Crippen molar-refractivity contribution in [1.29, 1.82) is 0 Å². The van der Waals surface area contributed by atoms with Crippen LogP contribution < -0.4 is 10.6 Å². The van der Waals surface area contributed by atoms with Crippen LogP contribution in [0.1, 0.15) is 23.2 Å². The van der Waals surface area contributed by atoms with Crippen LogP contribution in [-0.2, 0) is 4.74 Å². The smallest absolute Gasteiger partial charge is 0.288 e. The van der Waals surface area contributed by atoms with Crippen molar-refractivity contribution in [2.24, 2.45) is 0 Å². The van der Waals surface area contributed by atoms with E-state index in [2.05, 4.69) is 10.6 Å². The van der Waals surface area contributed by atoms with E-state index in [0.29, 0.717) is 34.5 Å². The van der Waals surface area contributed by atoms with Gasteiger partial charge in [-0.2, -0.15) is 8.78 Å². The van der Waals surface area contributed by atoms with E-state index in [-0.39, 0.29) is 11.9 Å². The number of benzene rings is 2. The zero-order chi connectivity index (χ0) is 18.4. The summed E-state index contributed by atoms with van der Waals surface area (Å²) in [4.78, 5) is 13.1. The molecule has 0 saturated carbocycles. The number of halogens is 2. The molecule has 3 rings (SSSR count). The maximum atomic E-state index is 12.6. The number of rotatable bonds is 6. The molecule has 4 nitrogen and oxygen atoms in total. The van der Waals surface area contributed by atoms with Gasteiger partial charge in [-0.1, -0.05) is 23.9 Å². The van der Waals surface area contributed by atoms with Crippen molar-refractivity contribution in [1.82, 2.24) is 5.32 Å². The molecule has 1 aliphatic rings. The molecular formula is C19H20F2N2O2S. The molecule has 138 valence electrons. The fourth-order valence-electron chi connectivity index (χ4n) is 2.78. The van der Waals surface area contributed by atoms with E-state index in [1.54, 1.807) is 36.4 Å². The summed E-state index contributed by atoms with van der Waals surface area (Å²) in [7, 11) is 0. The molecule has 1 unspecified atom stereocenters. The van der Waals surface area contributed by atoms with E-state index in [9.17, 15) is 13.6 Å². The molecule has 2 aromatic carbocycles. The largest absolute Gasteiger partial charge is 0.379 e. The van der Waals surface area contributed by atoms with Gasteiger partial charge in [-0.25, -0.2) is 0 Å². The zero-order valence-corrected chi connectivity index (χ0v) is 14.9. The molecule has 0 radical (unpaired) electrons. The third kappa shape index (κ3) is 5.19. The average molecular weight is 378 g/mol. The third-order valence-electron chi connectivity index (χ3n) is 4.03. The summed E-state index contributed by atoms with van der Waals surface area (Å²) in [6.07, 6.45) is 1.85. The molecule has 26 heavy (non-hydrogen) atoms. The van der Waals surface area contributed by atoms with Crippen LogP contribution in [0.15, 0.2) is 53.4 Å². The SMILES string of the molecule is O=C(NC1CCCOC1)c1ccccc1Nc1ccc(SC(F)F)cc1. The molecule has 0 aromatic heterocycles. The lowest BCUT2D eigenvalue weighted by molar-refractivity contribution is 0.0624. The van der Waals surface area contributed by atoms with Gasteiger partial charge in [-0.15, -0.1) is 0 Å². The molecule has 0 spiro atoms. The number of para-hydroxylation sites is 1. The molecule has 1 saturated heterocycles. The van der Waals surface area contributed by atoms with Crippen molar-refractivity contribution in [3.63, 3.8) is 0 Å². The average Bonchev–Trinajstić information content (AvgIpc) is 2.64. The summed E-state index contributed by atoms with van der Waals surface area (Å²) in [6, 6.07) is 13.9. The Labute approximate surface area is 155 Å². The van der Waals surface area contributed by atoms with Gasteiger partial charge >= 0.3 is 0 Å². The zero-order valence-electron chi connectivity index (χ0n) is 14.1. The molecule has 0 bridgehead atoms. The van der Waals surface area contributed by atoms with E-state index in [1.165, 1.54) is 0 Å². The first kappa shape index (κ1) is 18.7. The summed E-state index contributed by atoms with van der Waals surface area (Å²) in [5.41, 5.74) is 1.92. The van der Waals surface area contributed by atoms with E-state index in [1.807, 2.05) is 12.1 Å². The number of nitrogens with one attached hydrogen (secondary N) is 2. The molecule has 2 aromatic rings. The Hall–Kier alpha value is -2.12. The highest BCUT2D eigenvalue weighted by Gasteiger charge is 2.19. The topological polar surface area (TPSA) is 50.4 Å².